The summed E-state index contributed by atoms with van der Waals surface area (Å²) in [5, 5.41) is 9.54. The van der Waals surface area contributed by atoms with Crippen molar-refractivity contribution in [3.8, 4) is 11.8 Å². The minimum atomic E-state index is -0.593. The lowest BCUT2D eigenvalue weighted by Gasteiger charge is -2.14. The summed E-state index contributed by atoms with van der Waals surface area (Å²) in [6.45, 7) is 5.41. The topological polar surface area (TPSA) is 105 Å². The number of thiophene rings is 1. The Bertz CT molecular complexity index is 1110. The predicted molar refractivity (Wildman–Crippen MR) is 101 cm³/mol. The molecular formula is C19H17N3O4S. The quantitative estimate of drug-likeness (QED) is 0.676. The highest BCUT2D eigenvalue weighted by molar-refractivity contribution is 7.20. The highest BCUT2D eigenvalue weighted by atomic mass is 32.1. The Labute approximate surface area is 159 Å². The summed E-state index contributed by atoms with van der Waals surface area (Å²) in [5.74, 6) is 0.257. The first-order valence-corrected chi connectivity index (χ1v) is 9.14. The first-order chi connectivity index (χ1) is 13.0. The number of carbonyl (C=O) groups is 1. The minimum Gasteiger partial charge on any atom is -0.481 e. The fraction of sp³-hybridized carbons (Fsp3) is 0.263. The van der Waals surface area contributed by atoms with E-state index < -0.39 is 12.1 Å². The van der Waals surface area contributed by atoms with Crippen LogP contribution in [-0.2, 0) is 4.74 Å². The number of carbonyl (C=O) groups excluding carboxylic acids is 1. The number of ether oxygens (including phenoxy) is 2. The maximum atomic E-state index is 12.5. The molecule has 2 aromatic heterocycles. The smallest absolute Gasteiger partial charge is 0.348 e. The molecule has 0 radical (unpaired) electrons. The lowest BCUT2D eigenvalue weighted by Crippen LogP contribution is -2.16. The number of H-pyrrole nitrogens is 1. The summed E-state index contributed by atoms with van der Waals surface area (Å²) in [4.78, 5) is 32.6. The molecule has 0 unspecified atom stereocenters. The molecule has 0 aliphatic heterocycles. The van der Waals surface area contributed by atoms with Crippen LogP contribution >= 0.6 is 11.3 Å². The first-order valence-electron chi connectivity index (χ1n) is 8.32. The maximum Gasteiger partial charge on any atom is 0.348 e. The number of hydrogen-bond donors (Lipinski definition) is 1. The minimum absolute atomic E-state index is 0.255. The normalized spacial score (nSPS) is 11.8. The highest BCUT2D eigenvalue weighted by Crippen LogP contribution is 2.29. The number of para-hydroxylation sites is 1. The Balaban J connectivity index is 2.00. The van der Waals surface area contributed by atoms with Crippen LogP contribution in [0.3, 0.4) is 0 Å². The van der Waals surface area contributed by atoms with Crippen LogP contribution in [0.1, 0.15) is 46.6 Å². The van der Waals surface area contributed by atoms with Crippen LogP contribution in [0.5, 0.6) is 5.75 Å². The zero-order chi connectivity index (χ0) is 19.6. The van der Waals surface area contributed by atoms with Crippen molar-refractivity contribution in [2.24, 2.45) is 0 Å². The van der Waals surface area contributed by atoms with Gasteiger partial charge in [-0.05, 0) is 38.5 Å². The van der Waals surface area contributed by atoms with Crippen molar-refractivity contribution in [1.82, 2.24) is 9.97 Å². The molecule has 0 bridgehead atoms. The molecule has 2 heterocycles. The number of rotatable bonds is 5. The van der Waals surface area contributed by atoms with E-state index in [0.717, 1.165) is 11.3 Å². The molecule has 8 heteroatoms. The summed E-state index contributed by atoms with van der Waals surface area (Å²) < 4.78 is 10.8. The van der Waals surface area contributed by atoms with E-state index in [1.165, 1.54) is 0 Å². The molecule has 0 aliphatic carbocycles. The van der Waals surface area contributed by atoms with Gasteiger partial charge in [-0.25, -0.2) is 9.78 Å². The van der Waals surface area contributed by atoms with Gasteiger partial charge < -0.3 is 14.5 Å². The van der Waals surface area contributed by atoms with Gasteiger partial charge >= 0.3 is 5.97 Å². The van der Waals surface area contributed by atoms with Gasteiger partial charge in [0.2, 0.25) is 0 Å². The number of hydrogen-bond acceptors (Lipinski definition) is 7. The summed E-state index contributed by atoms with van der Waals surface area (Å²) in [7, 11) is 0. The molecule has 0 saturated carbocycles. The fourth-order valence-corrected chi connectivity index (χ4v) is 3.74. The van der Waals surface area contributed by atoms with E-state index in [9.17, 15) is 14.9 Å². The Kier molecular flexibility index (Phi) is 5.23. The van der Waals surface area contributed by atoms with Crippen molar-refractivity contribution in [3.05, 3.63) is 56.4 Å². The number of benzene rings is 1. The second kappa shape index (κ2) is 7.60. The second-order valence-electron chi connectivity index (χ2n) is 5.78. The van der Waals surface area contributed by atoms with Gasteiger partial charge in [0.1, 0.15) is 21.5 Å². The van der Waals surface area contributed by atoms with Crippen LogP contribution in [0.25, 0.3) is 10.2 Å². The molecule has 138 valence electrons. The molecule has 1 aromatic carbocycles. The number of fused-ring (bicyclic) bond motifs is 1. The zero-order valence-electron chi connectivity index (χ0n) is 15.0. The third-order valence-electron chi connectivity index (χ3n) is 3.98. The number of nitrogens with one attached hydrogen (secondary N) is 1. The van der Waals surface area contributed by atoms with Crippen molar-refractivity contribution in [3.63, 3.8) is 0 Å². The average molecular weight is 383 g/mol. The van der Waals surface area contributed by atoms with E-state index in [0.29, 0.717) is 37.8 Å². The standard InChI is InChI=1S/C19H17N3O4S/c1-4-25-19(24)15-10(2)14-17(23)21-16(22-18(14)27-15)11(3)26-13-8-6-5-7-12(13)9-20/h5-8,11H,4H2,1-3H3,(H,21,22,23)/t11-/m0/s1. The number of nitriles is 1. The number of aryl methyl sites for hydroxylation is 1. The van der Waals surface area contributed by atoms with E-state index in [1.54, 1.807) is 45.0 Å². The molecule has 7 nitrogen and oxygen atoms in total. The van der Waals surface area contributed by atoms with Gasteiger partial charge in [0, 0.05) is 0 Å². The number of aromatic nitrogens is 2. The molecule has 0 aliphatic rings. The highest BCUT2D eigenvalue weighted by Gasteiger charge is 2.22. The van der Waals surface area contributed by atoms with Crippen molar-refractivity contribution in [1.29, 1.82) is 5.26 Å². The van der Waals surface area contributed by atoms with Gasteiger partial charge in [0.05, 0.1) is 17.6 Å². The Morgan fingerprint density at radius 1 is 1.41 bits per heavy atom. The summed E-state index contributed by atoms with van der Waals surface area (Å²) in [6, 6.07) is 8.89. The van der Waals surface area contributed by atoms with E-state index in [2.05, 4.69) is 16.0 Å². The summed E-state index contributed by atoms with van der Waals surface area (Å²) in [5.41, 5.74) is 0.602. The molecule has 27 heavy (non-hydrogen) atoms. The molecule has 0 fully saturated rings. The molecule has 3 aromatic rings. The molecule has 1 N–H and O–H groups in total. The van der Waals surface area contributed by atoms with Crippen LogP contribution in [-0.4, -0.2) is 22.5 Å². The van der Waals surface area contributed by atoms with E-state index in [1.807, 2.05) is 0 Å². The largest absolute Gasteiger partial charge is 0.481 e. The van der Waals surface area contributed by atoms with Crippen LogP contribution in [0.15, 0.2) is 29.1 Å². The number of aromatic amines is 1. The molecule has 3 rings (SSSR count). The SMILES string of the molecule is CCOC(=O)c1sc2nc([C@H](C)Oc3ccccc3C#N)[nH]c(=O)c2c1C. The van der Waals surface area contributed by atoms with Gasteiger partial charge in [0.15, 0.2) is 11.9 Å². The van der Waals surface area contributed by atoms with Crippen molar-refractivity contribution < 1.29 is 14.3 Å². The average Bonchev–Trinajstić information content (AvgIpc) is 2.99. The Hall–Kier alpha value is -3.18. The second-order valence-corrected chi connectivity index (χ2v) is 6.78. The van der Waals surface area contributed by atoms with Crippen molar-refractivity contribution in [2.45, 2.75) is 26.9 Å². The van der Waals surface area contributed by atoms with Gasteiger partial charge in [-0.2, -0.15) is 5.26 Å². The third kappa shape index (κ3) is 3.55. The fourth-order valence-electron chi connectivity index (χ4n) is 2.65. The summed E-state index contributed by atoms with van der Waals surface area (Å²) in [6.07, 6.45) is -0.593. The van der Waals surface area contributed by atoms with E-state index in [4.69, 9.17) is 9.47 Å². The lowest BCUT2D eigenvalue weighted by molar-refractivity contribution is 0.0531. The number of nitrogens with zero attached hydrogens (tertiary/aromatic N) is 2. The van der Waals surface area contributed by atoms with Crippen LogP contribution in [0.2, 0.25) is 0 Å². The Morgan fingerprint density at radius 3 is 2.85 bits per heavy atom. The summed E-state index contributed by atoms with van der Waals surface area (Å²) >= 11 is 1.12. The Morgan fingerprint density at radius 2 is 2.15 bits per heavy atom. The molecule has 0 saturated heterocycles. The lowest BCUT2D eigenvalue weighted by atomic mass is 10.2. The van der Waals surface area contributed by atoms with Gasteiger partial charge in [0.25, 0.3) is 5.56 Å². The first kappa shape index (κ1) is 18.6. The predicted octanol–water partition coefficient (Wildman–Crippen LogP) is 3.48. The van der Waals surface area contributed by atoms with E-state index in [-0.39, 0.29) is 12.2 Å². The molecule has 0 amide bonds. The number of esters is 1. The molecule has 1 atom stereocenters. The van der Waals surface area contributed by atoms with Crippen molar-refractivity contribution in [2.75, 3.05) is 6.61 Å². The third-order valence-corrected chi connectivity index (χ3v) is 5.14. The van der Waals surface area contributed by atoms with Crippen LogP contribution in [0, 0.1) is 18.3 Å². The monoisotopic (exact) mass is 383 g/mol. The zero-order valence-corrected chi connectivity index (χ0v) is 15.8. The van der Waals surface area contributed by atoms with Gasteiger partial charge in [-0.15, -0.1) is 11.3 Å². The molecular weight excluding hydrogens is 366 g/mol. The molecule has 0 spiro atoms. The van der Waals surface area contributed by atoms with E-state index >= 15 is 0 Å². The maximum absolute atomic E-state index is 12.5. The van der Waals surface area contributed by atoms with Crippen LogP contribution < -0.4 is 10.3 Å². The van der Waals surface area contributed by atoms with Crippen molar-refractivity contribution >= 4 is 27.5 Å². The van der Waals surface area contributed by atoms with Gasteiger partial charge in [-0.1, -0.05) is 12.1 Å². The van der Waals surface area contributed by atoms with Crippen LogP contribution in [0.4, 0.5) is 0 Å². The van der Waals surface area contributed by atoms with Gasteiger partial charge in [-0.3, -0.25) is 4.79 Å².